The Morgan fingerprint density at radius 1 is 1.30 bits per heavy atom. The standard InChI is InChI=1S/C10H11N5O5/c11-7-3-8(13-1-12-7)15(2-14-3)9-5(17)4(16)6(20-9)10(18)19/h1-2,4-6,9,16-17H,(H,18,19)(H2,11,12,13)/t4-,5-,6+,9-/m1/s1. The number of ether oxygens (including phenoxy) is 1. The topological polar surface area (TPSA) is 157 Å². The molecule has 10 nitrogen and oxygen atoms in total. The van der Waals surface area contributed by atoms with E-state index in [0.29, 0.717) is 5.52 Å². The van der Waals surface area contributed by atoms with Crippen molar-refractivity contribution in [2.45, 2.75) is 24.5 Å². The van der Waals surface area contributed by atoms with Gasteiger partial charge in [0, 0.05) is 0 Å². The molecular formula is C10H11N5O5. The summed E-state index contributed by atoms with van der Waals surface area (Å²) in [6.45, 7) is 0. The number of nitrogens with zero attached hydrogens (tertiary/aromatic N) is 4. The zero-order chi connectivity index (χ0) is 14.4. The molecule has 0 aromatic carbocycles. The van der Waals surface area contributed by atoms with Gasteiger partial charge in [0.1, 0.15) is 24.1 Å². The number of aliphatic hydroxyl groups excluding tert-OH is 2. The number of nitrogens with two attached hydrogens (primary N) is 1. The van der Waals surface area contributed by atoms with Crippen molar-refractivity contribution in [2.24, 2.45) is 0 Å². The summed E-state index contributed by atoms with van der Waals surface area (Å²) in [6.07, 6.45) is -3.11. The molecule has 0 aliphatic carbocycles. The van der Waals surface area contributed by atoms with E-state index >= 15 is 0 Å². The highest BCUT2D eigenvalue weighted by Crippen LogP contribution is 2.31. The molecule has 0 amide bonds. The molecule has 0 saturated carbocycles. The fourth-order valence-corrected chi connectivity index (χ4v) is 2.15. The van der Waals surface area contributed by atoms with Crippen LogP contribution in [0.2, 0.25) is 0 Å². The van der Waals surface area contributed by atoms with E-state index in [0.717, 1.165) is 0 Å². The maximum Gasteiger partial charge on any atom is 0.335 e. The van der Waals surface area contributed by atoms with Crippen molar-refractivity contribution in [3.63, 3.8) is 0 Å². The number of fused-ring (bicyclic) bond motifs is 1. The summed E-state index contributed by atoms with van der Waals surface area (Å²) in [5.41, 5.74) is 6.21. The van der Waals surface area contributed by atoms with Crippen LogP contribution in [0.15, 0.2) is 12.7 Å². The van der Waals surface area contributed by atoms with Crippen LogP contribution in [-0.4, -0.2) is 59.1 Å². The number of nitrogen functional groups attached to an aromatic ring is 1. The number of aliphatic hydroxyl groups is 2. The molecule has 2 aromatic heterocycles. The van der Waals surface area contributed by atoms with Crippen molar-refractivity contribution >= 4 is 23.0 Å². The third-order valence-corrected chi connectivity index (χ3v) is 3.14. The Morgan fingerprint density at radius 2 is 2.05 bits per heavy atom. The molecule has 0 radical (unpaired) electrons. The highest BCUT2D eigenvalue weighted by Gasteiger charge is 2.47. The average Bonchev–Trinajstić information content (AvgIpc) is 2.94. The summed E-state index contributed by atoms with van der Waals surface area (Å²) in [4.78, 5) is 22.6. The molecule has 10 heteroatoms. The van der Waals surface area contributed by atoms with E-state index < -0.39 is 30.5 Å². The van der Waals surface area contributed by atoms with Crippen LogP contribution in [0.3, 0.4) is 0 Å². The third kappa shape index (κ3) is 1.70. The van der Waals surface area contributed by atoms with Gasteiger partial charge in [0.25, 0.3) is 0 Å². The van der Waals surface area contributed by atoms with Gasteiger partial charge in [-0.2, -0.15) is 0 Å². The van der Waals surface area contributed by atoms with E-state index in [1.165, 1.54) is 17.2 Å². The van der Waals surface area contributed by atoms with E-state index in [1.807, 2.05) is 0 Å². The van der Waals surface area contributed by atoms with Gasteiger partial charge in [0.2, 0.25) is 0 Å². The first kappa shape index (κ1) is 12.7. The molecule has 3 heterocycles. The monoisotopic (exact) mass is 281 g/mol. The fraction of sp³-hybridized carbons (Fsp3) is 0.400. The lowest BCUT2D eigenvalue weighted by molar-refractivity contribution is -0.155. The smallest absolute Gasteiger partial charge is 0.335 e. The third-order valence-electron chi connectivity index (χ3n) is 3.14. The van der Waals surface area contributed by atoms with E-state index in [2.05, 4.69) is 15.0 Å². The molecular weight excluding hydrogens is 270 g/mol. The van der Waals surface area contributed by atoms with Crippen molar-refractivity contribution in [3.8, 4) is 0 Å². The van der Waals surface area contributed by atoms with Crippen LogP contribution in [0.25, 0.3) is 11.2 Å². The van der Waals surface area contributed by atoms with Crippen LogP contribution in [-0.2, 0) is 9.53 Å². The van der Waals surface area contributed by atoms with Gasteiger partial charge >= 0.3 is 5.97 Å². The largest absolute Gasteiger partial charge is 0.479 e. The Labute approximate surface area is 111 Å². The Balaban J connectivity index is 2.04. The molecule has 0 bridgehead atoms. The fourth-order valence-electron chi connectivity index (χ4n) is 2.15. The second kappa shape index (κ2) is 4.37. The quantitative estimate of drug-likeness (QED) is 0.494. The molecule has 0 unspecified atom stereocenters. The van der Waals surface area contributed by atoms with Gasteiger partial charge in [-0.25, -0.2) is 19.7 Å². The molecule has 1 aliphatic rings. The highest BCUT2D eigenvalue weighted by molar-refractivity contribution is 5.81. The minimum absolute atomic E-state index is 0.150. The number of aliphatic carboxylic acids is 1. The number of rotatable bonds is 2. The summed E-state index contributed by atoms with van der Waals surface area (Å²) in [5.74, 6) is -1.21. The summed E-state index contributed by atoms with van der Waals surface area (Å²) >= 11 is 0. The molecule has 1 aliphatic heterocycles. The van der Waals surface area contributed by atoms with Gasteiger partial charge in [-0.1, -0.05) is 0 Å². The molecule has 0 spiro atoms. The predicted octanol–water partition coefficient (Wildman–Crippen LogP) is -1.89. The SMILES string of the molecule is Nc1ncnc2c1ncn2[C@@H]1O[C@H](C(=O)O)[C@H](O)[C@H]1O. The van der Waals surface area contributed by atoms with Crippen molar-refractivity contribution in [3.05, 3.63) is 12.7 Å². The van der Waals surface area contributed by atoms with Crippen molar-refractivity contribution in [2.75, 3.05) is 5.73 Å². The summed E-state index contributed by atoms with van der Waals surface area (Å²) in [6, 6.07) is 0. The Kier molecular flexibility index (Phi) is 2.78. The zero-order valence-electron chi connectivity index (χ0n) is 9.99. The van der Waals surface area contributed by atoms with Gasteiger partial charge in [0.05, 0.1) is 6.33 Å². The lowest BCUT2D eigenvalue weighted by atomic mass is 10.1. The van der Waals surface area contributed by atoms with Crippen LogP contribution >= 0.6 is 0 Å². The van der Waals surface area contributed by atoms with Crippen LogP contribution in [0.5, 0.6) is 0 Å². The number of carboxylic acids is 1. The van der Waals surface area contributed by atoms with E-state index in [-0.39, 0.29) is 11.5 Å². The molecule has 5 N–H and O–H groups in total. The first-order chi connectivity index (χ1) is 9.50. The van der Waals surface area contributed by atoms with Gasteiger partial charge in [-0.3, -0.25) is 4.57 Å². The number of anilines is 1. The molecule has 106 valence electrons. The number of carbonyl (C=O) groups is 1. The number of hydrogen-bond donors (Lipinski definition) is 4. The Hall–Kier alpha value is -2.30. The van der Waals surface area contributed by atoms with Gasteiger partial charge in [-0.15, -0.1) is 0 Å². The van der Waals surface area contributed by atoms with E-state index in [4.69, 9.17) is 15.6 Å². The summed E-state index contributed by atoms with van der Waals surface area (Å²) in [5, 5.41) is 28.5. The number of aromatic nitrogens is 4. The molecule has 2 aromatic rings. The molecule has 20 heavy (non-hydrogen) atoms. The van der Waals surface area contributed by atoms with Gasteiger partial charge in [0.15, 0.2) is 23.8 Å². The van der Waals surface area contributed by atoms with Crippen molar-refractivity contribution in [1.82, 2.24) is 19.5 Å². The minimum Gasteiger partial charge on any atom is -0.479 e. The van der Waals surface area contributed by atoms with Crippen LogP contribution in [0.4, 0.5) is 5.82 Å². The molecule has 1 saturated heterocycles. The van der Waals surface area contributed by atoms with E-state index in [1.54, 1.807) is 0 Å². The van der Waals surface area contributed by atoms with Gasteiger partial charge < -0.3 is 25.8 Å². The number of carboxylic acid groups (broad SMARTS) is 1. The van der Waals surface area contributed by atoms with Crippen molar-refractivity contribution in [1.29, 1.82) is 0 Å². The van der Waals surface area contributed by atoms with Gasteiger partial charge in [-0.05, 0) is 0 Å². The Morgan fingerprint density at radius 3 is 2.70 bits per heavy atom. The second-order valence-corrected chi connectivity index (χ2v) is 4.35. The number of hydrogen-bond acceptors (Lipinski definition) is 8. The average molecular weight is 281 g/mol. The van der Waals surface area contributed by atoms with Crippen LogP contribution in [0.1, 0.15) is 6.23 Å². The number of imidazole rings is 1. The maximum absolute atomic E-state index is 10.9. The van der Waals surface area contributed by atoms with Crippen LogP contribution < -0.4 is 5.73 Å². The normalized spacial score (nSPS) is 29.9. The first-order valence-electron chi connectivity index (χ1n) is 5.68. The lowest BCUT2D eigenvalue weighted by Crippen LogP contribution is -2.35. The van der Waals surface area contributed by atoms with E-state index in [9.17, 15) is 15.0 Å². The second-order valence-electron chi connectivity index (χ2n) is 4.35. The molecule has 1 fully saturated rings. The first-order valence-corrected chi connectivity index (χ1v) is 5.68. The van der Waals surface area contributed by atoms with Crippen molar-refractivity contribution < 1.29 is 24.9 Å². The predicted molar refractivity (Wildman–Crippen MR) is 63.3 cm³/mol. The lowest BCUT2D eigenvalue weighted by Gasteiger charge is -2.16. The molecule has 3 rings (SSSR count). The zero-order valence-corrected chi connectivity index (χ0v) is 9.99. The summed E-state index contributed by atoms with van der Waals surface area (Å²) < 4.78 is 6.47. The Bertz CT molecular complexity index is 673. The maximum atomic E-state index is 10.9. The minimum atomic E-state index is -1.55. The molecule has 4 atom stereocenters. The highest BCUT2D eigenvalue weighted by atomic mass is 16.6. The summed E-state index contributed by atoms with van der Waals surface area (Å²) in [7, 11) is 0. The van der Waals surface area contributed by atoms with Crippen LogP contribution in [0, 0.1) is 0 Å².